The number of pyridine rings is 1. The van der Waals surface area contributed by atoms with Crippen LogP contribution in [0.25, 0.3) is 0 Å². The maximum absolute atomic E-state index is 11.8. The van der Waals surface area contributed by atoms with Crippen molar-refractivity contribution in [1.29, 1.82) is 0 Å². The fourth-order valence-electron chi connectivity index (χ4n) is 1.69. The Kier molecular flexibility index (Phi) is 8.63. The summed E-state index contributed by atoms with van der Waals surface area (Å²) in [4.78, 5) is 39.9. The largest absolute Gasteiger partial charge is 0.426 e. The molecule has 0 aliphatic rings. The molecule has 0 unspecified atom stereocenters. The number of carbonyl (C=O) groups excluding carboxylic acids is 3. The summed E-state index contributed by atoms with van der Waals surface area (Å²) in [5.74, 6) is -1.02. The minimum Gasteiger partial charge on any atom is -0.426 e. The normalized spacial score (nSPS) is 11.3. The molecule has 0 aliphatic heterocycles. The number of nitrogens with zero attached hydrogens (tertiary/aromatic N) is 2. The van der Waals surface area contributed by atoms with Crippen LogP contribution in [0.1, 0.15) is 12.6 Å². The summed E-state index contributed by atoms with van der Waals surface area (Å²) < 4.78 is 9.64. The third kappa shape index (κ3) is 7.32. The monoisotopic (exact) mass is 355 g/mol. The van der Waals surface area contributed by atoms with Crippen molar-refractivity contribution in [3.63, 3.8) is 0 Å². The van der Waals surface area contributed by atoms with Crippen LogP contribution in [-0.2, 0) is 25.5 Å². The van der Waals surface area contributed by atoms with E-state index >= 15 is 0 Å². The summed E-state index contributed by atoms with van der Waals surface area (Å²) in [7, 11) is 1.57. The van der Waals surface area contributed by atoms with Crippen LogP contribution in [0.15, 0.2) is 24.4 Å². The van der Waals surface area contributed by atoms with Gasteiger partial charge in [0.05, 0.1) is 0 Å². The van der Waals surface area contributed by atoms with E-state index < -0.39 is 24.9 Å². The smallest absolute Gasteiger partial charge is 0.412 e. The SMILES string of the molecule is CC(=O)N[C@@H](CS)C(=O)OCOC(=O)N(C)CCc1ccccn1. The fourth-order valence-corrected chi connectivity index (χ4v) is 1.93. The molecule has 0 fully saturated rings. The molecule has 1 rings (SSSR count). The Morgan fingerprint density at radius 2 is 2.08 bits per heavy atom. The van der Waals surface area contributed by atoms with Gasteiger partial charge in [-0.1, -0.05) is 6.07 Å². The van der Waals surface area contributed by atoms with Crippen LogP contribution in [0.5, 0.6) is 0 Å². The van der Waals surface area contributed by atoms with Crippen LogP contribution in [-0.4, -0.2) is 60.0 Å². The van der Waals surface area contributed by atoms with Crippen LogP contribution < -0.4 is 5.32 Å². The molecule has 24 heavy (non-hydrogen) atoms. The Bertz CT molecular complexity index is 555. The second-order valence-electron chi connectivity index (χ2n) is 4.92. The molecule has 1 atom stereocenters. The third-order valence-corrected chi connectivity index (χ3v) is 3.33. The molecule has 8 nitrogen and oxygen atoms in total. The Morgan fingerprint density at radius 3 is 2.67 bits per heavy atom. The van der Waals surface area contributed by atoms with E-state index in [0.29, 0.717) is 13.0 Å². The van der Waals surface area contributed by atoms with Crippen LogP contribution in [0.2, 0.25) is 0 Å². The molecule has 0 aliphatic carbocycles. The molecular formula is C15H21N3O5S. The Labute approximate surface area is 145 Å². The van der Waals surface area contributed by atoms with E-state index in [9.17, 15) is 14.4 Å². The number of amides is 2. The van der Waals surface area contributed by atoms with Crippen molar-refractivity contribution in [3.8, 4) is 0 Å². The predicted molar refractivity (Wildman–Crippen MR) is 89.5 cm³/mol. The quantitative estimate of drug-likeness (QED) is 0.403. The van der Waals surface area contributed by atoms with Gasteiger partial charge in [-0.15, -0.1) is 0 Å². The predicted octanol–water partition coefficient (Wildman–Crippen LogP) is 0.628. The van der Waals surface area contributed by atoms with Crippen molar-refractivity contribution >= 4 is 30.6 Å². The minimum absolute atomic E-state index is 0.0797. The summed E-state index contributed by atoms with van der Waals surface area (Å²) >= 11 is 3.95. The molecule has 0 bridgehead atoms. The van der Waals surface area contributed by atoms with Crippen molar-refractivity contribution in [1.82, 2.24) is 15.2 Å². The van der Waals surface area contributed by atoms with Gasteiger partial charge in [0.2, 0.25) is 12.7 Å². The van der Waals surface area contributed by atoms with Crippen LogP contribution in [0, 0.1) is 0 Å². The highest BCUT2D eigenvalue weighted by Gasteiger charge is 2.20. The number of ether oxygens (including phenoxy) is 2. The zero-order chi connectivity index (χ0) is 17.9. The van der Waals surface area contributed by atoms with Gasteiger partial charge < -0.3 is 19.7 Å². The molecule has 0 radical (unpaired) electrons. The zero-order valence-corrected chi connectivity index (χ0v) is 14.5. The summed E-state index contributed by atoms with van der Waals surface area (Å²) in [5, 5.41) is 2.38. The average Bonchev–Trinajstić information content (AvgIpc) is 2.57. The topological polar surface area (TPSA) is 97.8 Å². The van der Waals surface area contributed by atoms with Gasteiger partial charge in [-0.3, -0.25) is 9.78 Å². The first kappa shape index (κ1) is 19.8. The molecule has 1 N–H and O–H groups in total. The summed E-state index contributed by atoms with van der Waals surface area (Å²) in [5.41, 5.74) is 0.857. The molecule has 0 saturated heterocycles. The highest BCUT2D eigenvalue weighted by molar-refractivity contribution is 7.80. The lowest BCUT2D eigenvalue weighted by Gasteiger charge is -2.18. The Balaban J connectivity index is 2.29. The first-order valence-corrected chi connectivity index (χ1v) is 7.89. The molecule has 132 valence electrons. The van der Waals surface area contributed by atoms with Gasteiger partial charge in [0.15, 0.2) is 0 Å². The molecule has 1 aromatic rings. The number of likely N-dealkylation sites (N-methyl/N-ethyl adjacent to an activating group) is 1. The van der Waals surface area contributed by atoms with Crippen LogP contribution in [0.4, 0.5) is 4.79 Å². The Hall–Kier alpha value is -2.29. The molecule has 1 aromatic heterocycles. The lowest BCUT2D eigenvalue weighted by atomic mass is 10.2. The lowest BCUT2D eigenvalue weighted by molar-refractivity contribution is -0.155. The van der Waals surface area contributed by atoms with Crippen LogP contribution >= 0.6 is 12.6 Å². The van der Waals surface area contributed by atoms with E-state index in [4.69, 9.17) is 9.47 Å². The molecule has 0 spiro atoms. The molecular weight excluding hydrogens is 334 g/mol. The van der Waals surface area contributed by atoms with Crippen molar-refractivity contribution in [2.24, 2.45) is 0 Å². The van der Waals surface area contributed by atoms with Gasteiger partial charge in [-0.25, -0.2) is 9.59 Å². The van der Waals surface area contributed by atoms with Crippen molar-refractivity contribution in [3.05, 3.63) is 30.1 Å². The standard InChI is InChI=1S/C15H21N3O5S/c1-11(19)17-13(9-24)14(20)22-10-23-15(21)18(2)8-6-12-5-3-4-7-16-12/h3-5,7,13,24H,6,8-10H2,1-2H3,(H,17,19)/t13-/m0/s1. The Morgan fingerprint density at radius 1 is 1.33 bits per heavy atom. The maximum Gasteiger partial charge on any atom is 0.412 e. The number of carbonyl (C=O) groups is 3. The average molecular weight is 355 g/mol. The number of rotatable bonds is 8. The van der Waals surface area contributed by atoms with E-state index in [1.165, 1.54) is 11.8 Å². The van der Waals surface area contributed by atoms with E-state index in [1.807, 2.05) is 18.2 Å². The first-order valence-electron chi connectivity index (χ1n) is 7.26. The third-order valence-electron chi connectivity index (χ3n) is 2.97. The van der Waals surface area contributed by atoms with Crippen molar-refractivity contribution in [2.45, 2.75) is 19.4 Å². The van der Waals surface area contributed by atoms with Crippen molar-refractivity contribution < 1.29 is 23.9 Å². The summed E-state index contributed by atoms with van der Waals surface area (Å²) in [6.45, 7) is 1.16. The number of nitrogens with one attached hydrogen (secondary N) is 1. The highest BCUT2D eigenvalue weighted by atomic mass is 32.1. The number of hydrogen-bond acceptors (Lipinski definition) is 7. The molecule has 9 heteroatoms. The van der Waals surface area contributed by atoms with Gasteiger partial charge in [-0.2, -0.15) is 12.6 Å². The van der Waals surface area contributed by atoms with Crippen LogP contribution in [0.3, 0.4) is 0 Å². The van der Waals surface area contributed by atoms with Gasteiger partial charge in [0, 0.05) is 44.6 Å². The van der Waals surface area contributed by atoms with Gasteiger partial charge in [-0.05, 0) is 12.1 Å². The van der Waals surface area contributed by atoms with E-state index in [0.717, 1.165) is 5.69 Å². The lowest BCUT2D eigenvalue weighted by Crippen LogP contribution is -2.42. The second-order valence-corrected chi connectivity index (χ2v) is 5.28. The molecule has 1 heterocycles. The summed E-state index contributed by atoms with van der Waals surface area (Å²) in [6.07, 6.45) is 1.64. The van der Waals surface area contributed by atoms with Gasteiger partial charge in [0.25, 0.3) is 0 Å². The number of aromatic nitrogens is 1. The van der Waals surface area contributed by atoms with Gasteiger partial charge in [0.1, 0.15) is 6.04 Å². The van der Waals surface area contributed by atoms with E-state index in [-0.39, 0.29) is 11.7 Å². The second kappa shape index (κ2) is 10.5. The molecule has 0 saturated carbocycles. The highest BCUT2D eigenvalue weighted by Crippen LogP contribution is 1.99. The molecule has 2 amide bonds. The fraction of sp³-hybridized carbons (Fsp3) is 0.467. The zero-order valence-electron chi connectivity index (χ0n) is 13.6. The summed E-state index contributed by atoms with van der Waals surface area (Å²) in [6, 6.07) is 4.66. The number of hydrogen-bond donors (Lipinski definition) is 2. The molecule has 0 aromatic carbocycles. The van der Waals surface area contributed by atoms with E-state index in [1.54, 1.807) is 13.2 Å². The maximum atomic E-state index is 11.8. The number of esters is 1. The van der Waals surface area contributed by atoms with Gasteiger partial charge >= 0.3 is 12.1 Å². The first-order chi connectivity index (χ1) is 11.4. The number of thiol groups is 1. The minimum atomic E-state index is -0.883. The van der Waals surface area contributed by atoms with E-state index in [2.05, 4.69) is 22.9 Å². The van der Waals surface area contributed by atoms with Crippen molar-refractivity contribution in [2.75, 3.05) is 26.1 Å².